The van der Waals surface area contributed by atoms with Crippen LogP contribution in [0.3, 0.4) is 0 Å². The van der Waals surface area contributed by atoms with Crippen LogP contribution in [0.4, 0.5) is 22.7 Å². The van der Waals surface area contributed by atoms with Gasteiger partial charge in [-0.1, -0.05) is 23.7 Å². The van der Waals surface area contributed by atoms with Gasteiger partial charge in [0.2, 0.25) is 11.8 Å². The van der Waals surface area contributed by atoms with E-state index in [1.807, 2.05) is 31.1 Å². The van der Waals surface area contributed by atoms with Gasteiger partial charge in [0.15, 0.2) is 0 Å². The quantitative estimate of drug-likeness (QED) is 0.234. The molecule has 4 aromatic rings. The molecule has 2 aromatic carbocycles. The SMILES string of the molecule is COc1cc2ncc(C#N)c(Nc3ccc(N(Cc4cccnc4)C(C)=O)c(Cl)c3)c2cc1NC(=O)C=CCN(C)C. The van der Waals surface area contributed by atoms with Crippen LogP contribution in [-0.2, 0) is 16.1 Å². The summed E-state index contributed by atoms with van der Waals surface area (Å²) in [6.07, 6.45) is 8.04. The number of amides is 2. The number of ether oxygens (including phenoxy) is 1. The number of nitrogens with zero attached hydrogens (tertiary/aromatic N) is 5. The van der Waals surface area contributed by atoms with Gasteiger partial charge >= 0.3 is 0 Å². The fraction of sp³-hybridized carbons (Fsp3) is 0.194. The van der Waals surface area contributed by atoms with Crippen molar-refractivity contribution in [2.24, 2.45) is 0 Å². The zero-order valence-corrected chi connectivity index (χ0v) is 24.4. The van der Waals surface area contributed by atoms with Crippen molar-refractivity contribution < 1.29 is 14.3 Å². The Morgan fingerprint density at radius 1 is 1.17 bits per heavy atom. The molecule has 42 heavy (non-hydrogen) atoms. The smallest absolute Gasteiger partial charge is 0.248 e. The summed E-state index contributed by atoms with van der Waals surface area (Å²) in [5.41, 5.74) is 3.73. The van der Waals surface area contributed by atoms with Crippen LogP contribution < -0.4 is 20.3 Å². The van der Waals surface area contributed by atoms with E-state index in [0.717, 1.165) is 5.56 Å². The predicted molar refractivity (Wildman–Crippen MR) is 165 cm³/mol. The number of pyridine rings is 2. The average Bonchev–Trinajstić information content (AvgIpc) is 2.96. The minimum absolute atomic E-state index is 0.173. The number of carbonyl (C=O) groups excluding carboxylic acids is 2. The van der Waals surface area contributed by atoms with E-state index in [4.69, 9.17) is 16.3 Å². The van der Waals surface area contributed by atoms with Crippen molar-refractivity contribution in [3.05, 3.63) is 89.4 Å². The molecule has 0 unspecified atom stereocenters. The monoisotopic (exact) mass is 583 g/mol. The number of fused-ring (bicyclic) bond motifs is 1. The number of anilines is 4. The molecule has 0 aliphatic rings. The maximum atomic E-state index is 12.6. The normalized spacial score (nSPS) is 11.0. The number of nitriles is 1. The number of benzene rings is 2. The van der Waals surface area contributed by atoms with Crippen LogP contribution in [0.1, 0.15) is 18.1 Å². The van der Waals surface area contributed by atoms with Crippen LogP contribution in [-0.4, -0.2) is 54.4 Å². The first kappa shape index (κ1) is 30.0. The molecule has 2 amide bonds. The zero-order chi connectivity index (χ0) is 30.2. The standard InChI is InChI=1S/C31H30ClN7O3/c1-20(40)39(19-21-7-5-11-34-17-21)28-10-9-23(13-25(28)32)36-31-22(16-33)18-35-26-15-29(42-4)27(14-24(26)31)37-30(41)8-6-12-38(2)3/h5-11,13-15,17-18H,12,19H2,1-4H3,(H,35,36)(H,37,41). The van der Waals surface area contributed by atoms with Crippen LogP contribution in [0.15, 0.2) is 73.2 Å². The Balaban J connectivity index is 1.69. The summed E-state index contributed by atoms with van der Waals surface area (Å²) in [4.78, 5) is 37.1. The largest absolute Gasteiger partial charge is 0.494 e. The van der Waals surface area contributed by atoms with Gasteiger partial charge in [0.25, 0.3) is 0 Å². The van der Waals surface area contributed by atoms with Gasteiger partial charge in [-0.2, -0.15) is 5.26 Å². The number of hydrogen-bond donors (Lipinski definition) is 2. The number of aromatic nitrogens is 2. The van der Waals surface area contributed by atoms with Gasteiger partial charge in [0.1, 0.15) is 11.8 Å². The van der Waals surface area contributed by atoms with Gasteiger partial charge in [0.05, 0.1) is 46.8 Å². The summed E-state index contributed by atoms with van der Waals surface area (Å²) in [5, 5.41) is 16.9. The highest BCUT2D eigenvalue weighted by molar-refractivity contribution is 6.34. The van der Waals surface area contributed by atoms with Crippen LogP contribution in [0.25, 0.3) is 10.9 Å². The lowest BCUT2D eigenvalue weighted by molar-refractivity contribution is -0.116. The topological polar surface area (TPSA) is 123 Å². The van der Waals surface area contributed by atoms with Gasteiger partial charge in [-0.15, -0.1) is 0 Å². The van der Waals surface area contributed by atoms with E-state index in [2.05, 4.69) is 26.7 Å². The van der Waals surface area contributed by atoms with E-state index in [-0.39, 0.29) is 17.4 Å². The molecule has 0 aliphatic heterocycles. The van der Waals surface area contributed by atoms with Crippen LogP contribution >= 0.6 is 11.6 Å². The Bertz CT molecular complexity index is 1680. The third-order valence-electron chi connectivity index (χ3n) is 6.26. The summed E-state index contributed by atoms with van der Waals surface area (Å²) in [5.74, 6) is -0.0733. The van der Waals surface area contributed by atoms with E-state index in [0.29, 0.717) is 57.5 Å². The van der Waals surface area contributed by atoms with E-state index in [9.17, 15) is 14.9 Å². The first-order valence-corrected chi connectivity index (χ1v) is 13.3. The number of halogens is 1. The summed E-state index contributed by atoms with van der Waals surface area (Å²) in [7, 11) is 5.32. The lowest BCUT2D eigenvalue weighted by Crippen LogP contribution is -2.28. The van der Waals surface area contributed by atoms with Gasteiger partial charge in [-0.3, -0.25) is 19.6 Å². The maximum Gasteiger partial charge on any atom is 0.248 e. The molecule has 0 spiro atoms. The molecule has 0 fully saturated rings. The fourth-order valence-corrected chi connectivity index (χ4v) is 4.52. The van der Waals surface area contributed by atoms with Crippen molar-refractivity contribution in [3.8, 4) is 11.8 Å². The van der Waals surface area contributed by atoms with Crippen molar-refractivity contribution >= 4 is 57.1 Å². The van der Waals surface area contributed by atoms with E-state index in [1.54, 1.807) is 53.7 Å². The fourth-order valence-electron chi connectivity index (χ4n) is 4.24. The molecule has 0 saturated carbocycles. The van der Waals surface area contributed by atoms with Crippen LogP contribution in [0, 0.1) is 11.3 Å². The molecule has 0 radical (unpaired) electrons. The van der Waals surface area contributed by atoms with Gasteiger partial charge in [-0.05, 0) is 50.0 Å². The minimum Gasteiger partial charge on any atom is -0.494 e. The van der Waals surface area contributed by atoms with Crippen molar-refractivity contribution in [2.75, 3.05) is 43.3 Å². The molecule has 2 aromatic heterocycles. The molecule has 0 bridgehead atoms. The minimum atomic E-state index is -0.322. The predicted octanol–water partition coefficient (Wildman–Crippen LogP) is 5.52. The molecule has 4 rings (SSSR count). The summed E-state index contributed by atoms with van der Waals surface area (Å²) in [6.45, 7) is 2.40. The molecular weight excluding hydrogens is 554 g/mol. The maximum absolute atomic E-state index is 12.6. The Hall–Kier alpha value is -4.98. The third-order valence-corrected chi connectivity index (χ3v) is 6.56. The van der Waals surface area contributed by atoms with Gasteiger partial charge in [-0.25, -0.2) is 0 Å². The molecule has 10 nitrogen and oxygen atoms in total. The Morgan fingerprint density at radius 3 is 2.62 bits per heavy atom. The van der Waals surface area contributed by atoms with E-state index in [1.165, 1.54) is 26.3 Å². The second kappa shape index (κ2) is 13.6. The summed E-state index contributed by atoms with van der Waals surface area (Å²) >= 11 is 6.68. The number of methoxy groups -OCH3 is 1. The molecule has 0 aliphatic carbocycles. The molecular formula is C31H30ClN7O3. The van der Waals surface area contributed by atoms with Crippen LogP contribution in [0.2, 0.25) is 5.02 Å². The molecule has 214 valence electrons. The lowest BCUT2D eigenvalue weighted by atomic mass is 10.1. The molecule has 2 heterocycles. The van der Waals surface area contributed by atoms with Crippen molar-refractivity contribution in [1.82, 2.24) is 14.9 Å². The first-order chi connectivity index (χ1) is 20.2. The van der Waals surface area contributed by atoms with Crippen molar-refractivity contribution in [3.63, 3.8) is 0 Å². The Morgan fingerprint density at radius 2 is 1.98 bits per heavy atom. The second-order valence-corrected chi connectivity index (χ2v) is 10.0. The molecule has 0 saturated heterocycles. The number of carbonyl (C=O) groups is 2. The summed E-state index contributed by atoms with van der Waals surface area (Å²) < 4.78 is 5.50. The number of rotatable bonds is 10. The van der Waals surface area contributed by atoms with Crippen molar-refractivity contribution in [1.29, 1.82) is 5.26 Å². The van der Waals surface area contributed by atoms with Gasteiger partial charge in [0, 0.05) is 55.3 Å². The Labute approximate surface area is 249 Å². The van der Waals surface area contributed by atoms with Crippen molar-refractivity contribution in [2.45, 2.75) is 13.5 Å². The Kier molecular flexibility index (Phi) is 9.70. The van der Waals surface area contributed by atoms with E-state index >= 15 is 0 Å². The lowest BCUT2D eigenvalue weighted by Gasteiger charge is -2.23. The zero-order valence-electron chi connectivity index (χ0n) is 23.7. The highest BCUT2D eigenvalue weighted by atomic mass is 35.5. The number of hydrogen-bond acceptors (Lipinski definition) is 8. The molecule has 0 atom stereocenters. The highest BCUT2D eigenvalue weighted by Gasteiger charge is 2.18. The first-order valence-electron chi connectivity index (χ1n) is 13.0. The number of nitrogens with one attached hydrogen (secondary N) is 2. The molecule has 11 heteroatoms. The molecule has 2 N–H and O–H groups in total. The third kappa shape index (κ3) is 7.20. The second-order valence-electron chi connectivity index (χ2n) is 9.64. The average molecular weight is 584 g/mol. The van der Waals surface area contributed by atoms with Gasteiger partial charge < -0.3 is 25.2 Å². The summed E-state index contributed by atoms with van der Waals surface area (Å²) in [6, 6.07) is 14.5. The highest BCUT2D eigenvalue weighted by Crippen LogP contribution is 2.37. The van der Waals surface area contributed by atoms with Crippen LogP contribution in [0.5, 0.6) is 5.75 Å². The van der Waals surface area contributed by atoms with E-state index < -0.39 is 0 Å². The number of likely N-dealkylation sites (N-methyl/N-ethyl adjacent to an activating group) is 1.